The third-order valence-electron chi connectivity index (χ3n) is 3.34. The first kappa shape index (κ1) is 13.5. The Morgan fingerprint density at radius 3 is 2.44 bits per heavy atom. The number of nitrogens with zero attached hydrogens (tertiary/aromatic N) is 1. The fraction of sp³-hybridized carbons (Fsp3) is 0.833. The highest BCUT2D eigenvalue weighted by Gasteiger charge is 2.26. The van der Waals surface area contributed by atoms with Crippen molar-refractivity contribution in [2.24, 2.45) is 5.92 Å². The maximum absolute atomic E-state index is 10.8. The van der Waals surface area contributed by atoms with Gasteiger partial charge in [0.1, 0.15) is 0 Å². The SMILES string of the molecule is C[C](C(CCO)CC(=O)O)N1CCCCC1. The normalized spacial score (nSPS) is 19.9. The summed E-state index contributed by atoms with van der Waals surface area (Å²) in [4.78, 5) is 13.0. The van der Waals surface area contributed by atoms with E-state index in [-0.39, 0.29) is 18.9 Å². The van der Waals surface area contributed by atoms with Crippen LogP contribution in [0, 0.1) is 12.0 Å². The van der Waals surface area contributed by atoms with Crippen molar-refractivity contribution in [3.8, 4) is 0 Å². The van der Waals surface area contributed by atoms with Crippen molar-refractivity contribution in [2.45, 2.75) is 39.0 Å². The van der Waals surface area contributed by atoms with E-state index in [4.69, 9.17) is 10.2 Å². The summed E-state index contributed by atoms with van der Waals surface area (Å²) in [5.74, 6) is -0.796. The number of carboxylic acid groups (broad SMARTS) is 1. The number of hydrogen-bond donors (Lipinski definition) is 2. The molecule has 1 aliphatic rings. The number of rotatable bonds is 6. The van der Waals surface area contributed by atoms with Gasteiger partial charge in [-0.1, -0.05) is 6.42 Å². The molecule has 0 aromatic heterocycles. The second-order valence-electron chi connectivity index (χ2n) is 4.50. The Bertz CT molecular complexity index is 214. The van der Waals surface area contributed by atoms with Gasteiger partial charge in [-0.2, -0.15) is 0 Å². The summed E-state index contributed by atoms with van der Waals surface area (Å²) in [6, 6.07) is 1.14. The van der Waals surface area contributed by atoms with Gasteiger partial charge < -0.3 is 10.2 Å². The van der Waals surface area contributed by atoms with Crippen molar-refractivity contribution in [1.29, 1.82) is 0 Å². The minimum Gasteiger partial charge on any atom is -0.481 e. The molecule has 1 rings (SSSR count). The zero-order valence-electron chi connectivity index (χ0n) is 9.98. The Morgan fingerprint density at radius 1 is 1.31 bits per heavy atom. The third kappa shape index (κ3) is 4.10. The maximum atomic E-state index is 10.8. The lowest BCUT2D eigenvalue weighted by Gasteiger charge is -2.35. The lowest BCUT2D eigenvalue weighted by molar-refractivity contribution is -0.138. The van der Waals surface area contributed by atoms with Crippen LogP contribution in [0.2, 0.25) is 0 Å². The second-order valence-corrected chi connectivity index (χ2v) is 4.50. The Morgan fingerprint density at radius 2 is 1.94 bits per heavy atom. The highest BCUT2D eigenvalue weighted by atomic mass is 16.4. The van der Waals surface area contributed by atoms with Crippen molar-refractivity contribution < 1.29 is 15.0 Å². The average Bonchev–Trinajstić information content (AvgIpc) is 2.28. The molecule has 1 saturated heterocycles. The number of aliphatic hydroxyl groups excluding tert-OH is 1. The largest absolute Gasteiger partial charge is 0.481 e. The summed E-state index contributed by atoms with van der Waals surface area (Å²) >= 11 is 0. The standard InChI is InChI=1S/C12H22NO3/c1-10(13-6-3-2-4-7-13)11(5-8-14)9-12(15)16/h11,14H,2-9H2,1H3,(H,15,16). The summed E-state index contributed by atoms with van der Waals surface area (Å²) in [6.45, 7) is 4.14. The van der Waals surface area contributed by atoms with Crippen molar-refractivity contribution in [1.82, 2.24) is 4.90 Å². The Labute approximate surface area is 97.3 Å². The number of carboxylic acids is 1. The van der Waals surface area contributed by atoms with Crippen molar-refractivity contribution in [2.75, 3.05) is 19.7 Å². The molecule has 2 N–H and O–H groups in total. The predicted octanol–water partition coefficient (Wildman–Crippen LogP) is 1.50. The van der Waals surface area contributed by atoms with Crippen LogP contribution in [0.5, 0.6) is 0 Å². The first-order chi connectivity index (χ1) is 7.65. The van der Waals surface area contributed by atoms with E-state index in [1.807, 2.05) is 6.92 Å². The number of piperidine rings is 1. The number of aliphatic carboxylic acids is 1. The van der Waals surface area contributed by atoms with Gasteiger partial charge in [0, 0.05) is 12.6 Å². The molecule has 4 heteroatoms. The molecule has 1 unspecified atom stereocenters. The number of aliphatic hydroxyl groups is 1. The predicted molar refractivity (Wildman–Crippen MR) is 61.8 cm³/mol. The van der Waals surface area contributed by atoms with Crippen LogP contribution in [-0.2, 0) is 4.79 Å². The smallest absolute Gasteiger partial charge is 0.303 e. The van der Waals surface area contributed by atoms with Gasteiger partial charge in [-0.05, 0) is 45.2 Å². The summed E-state index contributed by atoms with van der Waals surface area (Å²) in [6.07, 6.45) is 4.33. The molecule has 0 spiro atoms. The van der Waals surface area contributed by atoms with E-state index < -0.39 is 5.97 Å². The molecule has 1 atom stereocenters. The van der Waals surface area contributed by atoms with Gasteiger partial charge in [0.15, 0.2) is 0 Å². The molecule has 1 radical (unpaired) electrons. The van der Waals surface area contributed by atoms with Gasteiger partial charge in [0.25, 0.3) is 0 Å². The molecule has 1 fully saturated rings. The lowest BCUT2D eigenvalue weighted by atomic mass is 9.91. The molecule has 0 aromatic carbocycles. The summed E-state index contributed by atoms with van der Waals surface area (Å²) in [5.41, 5.74) is 0. The second kappa shape index (κ2) is 6.86. The molecule has 0 saturated carbocycles. The van der Waals surface area contributed by atoms with E-state index in [1.54, 1.807) is 0 Å². The molecule has 1 aliphatic heterocycles. The van der Waals surface area contributed by atoms with Gasteiger partial charge >= 0.3 is 5.97 Å². The van der Waals surface area contributed by atoms with Crippen LogP contribution in [0.4, 0.5) is 0 Å². The van der Waals surface area contributed by atoms with E-state index in [1.165, 1.54) is 19.3 Å². The first-order valence-electron chi connectivity index (χ1n) is 6.06. The van der Waals surface area contributed by atoms with E-state index in [0.717, 1.165) is 19.1 Å². The van der Waals surface area contributed by atoms with Crippen LogP contribution in [0.15, 0.2) is 0 Å². The molecule has 4 nitrogen and oxygen atoms in total. The first-order valence-corrected chi connectivity index (χ1v) is 6.06. The molecule has 93 valence electrons. The van der Waals surface area contributed by atoms with E-state index in [0.29, 0.717) is 6.42 Å². The monoisotopic (exact) mass is 228 g/mol. The van der Waals surface area contributed by atoms with E-state index >= 15 is 0 Å². The molecule has 0 aliphatic carbocycles. The van der Waals surface area contributed by atoms with Crippen molar-refractivity contribution in [3.05, 3.63) is 6.04 Å². The van der Waals surface area contributed by atoms with Crippen LogP contribution in [0.25, 0.3) is 0 Å². The van der Waals surface area contributed by atoms with Gasteiger partial charge in [0.05, 0.1) is 6.42 Å². The zero-order chi connectivity index (χ0) is 12.0. The van der Waals surface area contributed by atoms with E-state index in [2.05, 4.69) is 4.90 Å². The van der Waals surface area contributed by atoms with Gasteiger partial charge in [-0.25, -0.2) is 0 Å². The third-order valence-corrected chi connectivity index (χ3v) is 3.34. The molecular weight excluding hydrogens is 206 g/mol. The van der Waals surface area contributed by atoms with Gasteiger partial charge in [0.2, 0.25) is 0 Å². The minimum absolute atomic E-state index is 0.0133. The van der Waals surface area contributed by atoms with Crippen LogP contribution in [-0.4, -0.2) is 40.8 Å². The Kier molecular flexibility index (Phi) is 5.77. The van der Waals surface area contributed by atoms with E-state index in [9.17, 15) is 4.79 Å². The molecule has 16 heavy (non-hydrogen) atoms. The Hall–Kier alpha value is -0.610. The van der Waals surface area contributed by atoms with Gasteiger partial charge in [-0.15, -0.1) is 0 Å². The quantitative estimate of drug-likeness (QED) is 0.723. The highest BCUT2D eigenvalue weighted by Crippen LogP contribution is 2.27. The fourth-order valence-electron chi connectivity index (χ4n) is 2.33. The van der Waals surface area contributed by atoms with Crippen LogP contribution in [0.3, 0.4) is 0 Å². The topological polar surface area (TPSA) is 60.8 Å². The molecule has 0 bridgehead atoms. The summed E-state index contributed by atoms with van der Waals surface area (Å²) in [7, 11) is 0. The summed E-state index contributed by atoms with van der Waals surface area (Å²) in [5, 5.41) is 17.8. The molecule has 0 amide bonds. The van der Waals surface area contributed by atoms with Gasteiger partial charge in [-0.3, -0.25) is 9.69 Å². The number of hydrogen-bond acceptors (Lipinski definition) is 3. The minimum atomic E-state index is -0.783. The molecule has 1 heterocycles. The average molecular weight is 228 g/mol. The zero-order valence-corrected chi connectivity index (χ0v) is 9.98. The lowest BCUT2D eigenvalue weighted by Crippen LogP contribution is -2.37. The maximum Gasteiger partial charge on any atom is 0.303 e. The highest BCUT2D eigenvalue weighted by molar-refractivity contribution is 5.67. The molecular formula is C12H22NO3. The summed E-state index contributed by atoms with van der Waals surface area (Å²) < 4.78 is 0. The Balaban J connectivity index is 2.50. The van der Waals surface area contributed by atoms with Crippen LogP contribution >= 0.6 is 0 Å². The molecule has 0 aromatic rings. The van der Waals surface area contributed by atoms with Crippen LogP contribution < -0.4 is 0 Å². The number of likely N-dealkylation sites (tertiary alicyclic amines) is 1. The van der Waals surface area contributed by atoms with Crippen molar-refractivity contribution >= 4 is 5.97 Å². The fourth-order valence-corrected chi connectivity index (χ4v) is 2.33. The van der Waals surface area contributed by atoms with Crippen LogP contribution in [0.1, 0.15) is 39.0 Å². The van der Waals surface area contributed by atoms with Crippen molar-refractivity contribution in [3.63, 3.8) is 0 Å². The number of carbonyl (C=O) groups is 1.